The lowest BCUT2D eigenvalue weighted by Crippen LogP contribution is -2.19. The highest BCUT2D eigenvalue weighted by molar-refractivity contribution is 7.22. The van der Waals surface area contributed by atoms with Crippen LogP contribution in [0, 0.1) is 6.92 Å². The summed E-state index contributed by atoms with van der Waals surface area (Å²) >= 11 is 1.46. The first-order chi connectivity index (χ1) is 10.6. The molecule has 110 valence electrons. The highest BCUT2D eigenvalue weighted by Gasteiger charge is 2.03. The summed E-state index contributed by atoms with van der Waals surface area (Å²) in [5.41, 5.74) is 14.7. The van der Waals surface area contributed by atoms with Gasteiger partial charge in [-0.3, -0.25) is 0 Å². The van der Waals surface area contributed by atoms with Crippen LogP contribution in [-0.2, 0) is 0 Å². The van der Waals surface area contributed by atoms with E-state index in [4.69, 9.17) is 11.5 Å². The molecule has 3 aromatic rings. The van der Waals surface area contributed by atoms with Gasteiger partial charge < -0.3 is 11.5 Å². The first-order valence-electron chi connectivity index (χ1n) is 6.73. The Morgan fingerprint density at radius 1 is 1.05 bits per heavy atom. The number of guanidine groups is 1. The topological polar surface area (TPSA) is 89.6 Å². The maximum absolute atomic E-state index is 5.95. The number of hydrogen-bond donors (Lipinski definition) is 2. The van der Waals surface area contributed by atoms with Gasteiger partial charge >= 0.3 is 0 Å². The van der Waals surface area contributed by atoms with Gasteiger partial charge in [0.2, 0.25) is 11.1 Å². The normalized spacial score (nSPS) is 12.8. The van der Waals surface area contributed by atoms with E-state index in [9.17, 15) is 0 Å². The minimum atomic E-state index is 0.0946. The average molecular weight is 309 g/mol. The van der Waals surface area contributed by atoms with E-state index in [1.54, 1.807) is 0 Å². The van der Waals surface area contributed by atoms with Gasteiger partial charge in [-0.05, 0) is 19.1 Å². The van der Waals surface area contributed by atoms with Crippen LogP contribution in [0.4, 0.5) is 5.13 Å². The van der Waals surface area contributed by atoms with Crippen LogP contribution < -0.4 is 11.5 Å². The molecule has 0 radical (unpaired) electrons. The Labute approximate surface area is 132 Å². The van der Waals surface area contributed by atoms with Crippen molar-refractivity contribution in [2.24, 2.45) is 21.5 Å². The molecule has 1 aromatic heterocycles. The molecule has 0 aliphatic rings. The predicted octanol–water partition coefficient (Wildman–Crippen LogP) is 2.96. The lowest BCUT2D eigenvalue weighted by Gasteiger charge is -2.00. The van der Waals surface area contributed by atoms with E-state index < -0.39 is 0 Å². The van der Waals surface area contributed by atoms with Crippen LogP contribution in [0.5, 0.6) is 0 Å². The summed E-state index contributed by atoms with van der Waals surface area (Å²) in [6, 6.07) is 15.6. The number of nitrogens with zero attached hydrogens (tertiary/aromatic N) is 3. The fraction of sp³-hybridized carbons (Fsp3) is 0.0625. The molecule has 22 heavy (non-hydrogen) atoms. The molecule has 0 fully saturated rings. The molecule has 1 heterocycles. The zero-order chi connectivity index (χ0) is 15.5. The SMILES string of the molecule is Cc1ccc(/C(N)=N/C(N)=N/c2nc3ccccc3s2)cc1. The second-order valence-electron chi connectivity index (χ2n) is 4.80. The first kappa shape index (κ1) is 14.2. The number of thiazole rings is 1. The van der Waals surface area contributed by atoms with Gasteiger partial charge in [0.25, 0.3) is 0 Å². The maximum Gasteiger partial charge on any atom is 0.224 e. The van der Waals surface area contributed by atoms with Crippen molar-refractivity contribution in [1.29, 1.82) is 0 Å². The van der Waals surface area contributed by atoms with Gasteiger partial charge in [0.05, 0.1) is 10.2 Å². The van der Waals surface area contributed by atoms with E-state index in [-0.39, 0.29) is 5.96 Å². The summed E-state index contributed by atoms with van der Waals surface area (Å²) in [6.45, 7) is 2.01. The van der Waals surface area contributed by atoms with Crippen LogP contribution in [-0.4, -0.2) is 16.8 Å². The smallest absolute Gasteiger partial charge is 0.224 e. The van der Waals surface area contributed by atoms with Gasteiger partial charge in [-0.2, -0.15) is 9.98 Å². The number of aromatic nitrogens is 1. The van der Waals surface area contributed by atoms with Crippen LogP contribution in [0.3, 0.4) is 0 Å². The van der Waals surface area contributed by atoms with Gasteiger partial charge in [0.1, 0.15) is 5.84 Å². The van der Waals surface area contributed by atoms with Gasteiger partial charge in [-0.25, -0.2) is 4.98 Å². The molecule has 0 saturated carbocycles. The summed E-state index contributed by atoms with van der Waals surface area (Å²) in [7, 11) is 0. The minimum Gasteiger partial charge on any atom is -0.383 e. The van der Waals surface area contributed by atoms with E-state index in [0.717, 1.165) is 21.3 Å². The van der Waals surface area contributed by atoms with Crippen molar-refractivity contribution in [3.8, 4) is 0 Å². The Hall–Kier alpha value is -2.73. The molecule has 0 unspecified atom stereocenters. The number of aryl methyl sites for hydroxylation is 1. The third-order valence-corrected chi connectivity index (χ3v) is 4.01. The number of benzene rings is 2. The summed E-state index contributed by atoms with van der Waals surface area (Å²) in [5.74, 6) is 0.430. The third kappa shape index (κ3) is 3.12. The highest BCUT2D eigenvalue weighted by atomic mass is 32.1. The van der Waals surface area contributed by atoms with Crippen LogP contribution in [0.2, 0.25) is 0 Å². The van der Waals surface area contributed by atoms with Crippen molar-refractivity contribution in [2.75, 3.05) is 0 Å². The van der Waals surface area contributed by atoms with Crippen LogP contribution in [0.15, 0.2) is 58.5 Å². The molecular weight excluding hydrogens is 294 g/mol. The Morgan fingerprint density at radius 2 is 1.77 bits per heavy atom. The molecule has 3 rings (SSSR count). The van der Waals surface area contributed by atoms with Gasteiger partial charge in [-0.15, -0.1) is 0 Å². The molecule has 0 bridgehead atoms. The van der Waals surface area contributed by atoms with E-state index in [2.05, 4.69) is 15.0 Å². The van der Waals surface area contributed by atoms with Crippen molar-refractivity contribution >= 4 is 38.5 Å². The van der Waals surface area contributed by atoms with Gasteiger partial charge in [-0.1, -0.05) is 53.3 Å². The average Bonchev–Trinajstić information content (AvgIpc) is 2.89. The Morgan fingerprint density at radius 3 is 2.50 bits per heavy atom. The molecule has 6 heteroatoms. The molecule has 0 amide bonds. The summed E-state index contributed by atoms with van der Waals surface area (Å²) in [5, 5.41) is 0.569. The molecule has 0 spiro atoms. The molecule has 0 atom stereocenters. The number of aliphatic imine (C=N–C) groups is 2. The van der Waals surface area contributed by atoms with E-state index in [1.165, 1.54) is 11.3 Å². The largest absolute Gasteiger partial charge is 0.383 e. The van der Waals surface area contributed by atoms with Crippen LogP contribution in [0.25, 0.3) is 10.2 Å². The maximum atomic E-state index is 5.95. The fourth-order valence-corrected chi connectivity index (χ4v) is 2.79. The van der Waals surface area contributed by atoms with Crippen LogP contribution >= 0.6 is 11.3 Å². The number of amidine groups is 1. The lowest BCUT2D eigenvalue weighted by atomic mass is 10.1. The lowest BCUT2D eigenvalue weighted by molar-refractivity contribution is 1.35. The Balaban J connectivity index is 1.87. The number of rotatable bonds is 2. The molecule has 5 nitrogen and oxygen atoms in total. The predicted molar refractivity (Wildman–Crippen MR) is 92.8 cm³/mol. The Bertz CT molecular complexity index is 829. The molecule has 2 aromatic carbocycles. The van der Waals surface area contributed by atoms with Gasteiger partial charge in [0.15, 0.2) is 0 Å². The number of nitrogens with two attached hydrogens (primary N) is 2. The summed E-state index contributed by atoms with van der Waals surface area (Å²) in [4.78, 5) is 12.7. The first-order valence-corrected chi connectivity index (χ1v) is 7.54. The second-order valence-corrected chi connectivity index (χ2v) is 5.81. The summed E-state index contributed by atoms with van der Waals surface area (Å²) < 4.78 is 1.06. The number of fused-ring (bicyclic) bond motifs is 1. The molecule has 4 N–H and O–H groups in total. The van der Waals surface area contributed by atoms with Crippen molar-refractivity contribution in [2.45, 2.75) is 6.92 Å². The second kappa shape index (κ2) is 5.95. The van der Waals surface area contributed by atoms with E-state index in [1.807, 2.05) is 55.5 Å². The third-order valence-electron chi connectivity index (χ3n) is 3.08. The van der Waals surface area contributed by atoms with E-state index >= 15 is 0 Å². The van der Waals surface area contributed by atoms with Crippen molar-refractivity contribution in [3.05, 3.63) is 59.7 Å². The van der Waals surface area contributed by atoms with Crippen molar-refractivity contribution in [1.82, 2.24) is 4.98 Å². The monoisotopic (exact) mass is 309 g/mol. The van der Waals surface area contributed by atoms with E-state index in [0.29, 0.717) is 11.0 Å². The number of para-hydroxylation sites is 1. The minimum absolute atomic E-state index is 0.0946. The highest BCUT2D eigenvalue weighted by Crippen LogP contribution is 2.27. The zero-order valence-electron chi connectivity index (χ0n) is 12.0. The van der Waals surface area contributed by atoms with Crippen LogP contribution in [0.1, 0.15) is 11.1 Å². The molecular formula is C16H15N5S. The zero-order valence-corrected chi connectivity index (χ0v) is 12.8. The quantitative estimate of drug-likeness (QED) is 0.563. The molecule has 0 aliphatic carbocycles. The van der Waals surface area contributed by atoms with Crippen molar-refractivity contribution < 1.29 is 0 Å². The fourth-order valence-electron chi connectivity index (χ4n) is 1.94. The Kier molecular flexibility index (Phi) is 3.84. The molecule has 0 saturated heterocycles. The number of hydrogen-bond acceptors (Lipinski definition) is 3. The van der Waals surface area contributed by atoms with Gasteiger partial charge in [0, 0.05) is 5.56 Å². The summed E-state index contributed by atoms with van der Waals surface area (Å²) in [6.07, 6.45) is 0. The molecule has 0 aliphatic heterocycles. The van der Waals surface area contributed by atoms with Crippen molar-refractivity contribution in [3.63, 3.8) is 0 Å². The standard InChI is InChI=1S/C16H15N5S/c1-10-6-8-11(9-7-10)14(17)20-15(18)21-16-19-12-4-2-3-5-13(12)22-16/h2-9H,1H3,(H4,17,18,19,20,21).